The van der Waals surface area contributed by atoms with Crippen LogP contribution in [0.1, 0.15) is 23.6 Å². The average molecular weight is 537 g/mol. The summed E-state index contributed by atoms with van der Waals surface area (Å²) in [6.45, 7) is 5.98. The van der Waals surface area contributed by atoms with Crippen molar-refractivity contribution in [2.45, 2.75) is 20.8 Å². The molecule has 2 amide bonds. The van der Waals surface area contributed by atoms with Crippen LogP contribution in [0.5, 0.6) is 11.5 Å². The molecule has 3 aromatic rings. The maximum absolute atomic E-state index is 13.3. The molecule has 1 saturated heterocycles. The molecule has 0 atom stereocenters. The maximum Gasteiger partial charge on any atom is 0.270 e. The molecule has 1 aliphatic rings. The molecule has 0 saturated carbocycles. The zero-order chi connectivity index (χ0) is 26.5. The fourth-order valence-corrected chi connectivity index (χ4v) is 5.12. The number of nitrogens with one attached hydrogen (secondary N) is 1. The first kappa shape index (κ1) is 26.4. The van der Waals surface area contributed by atoms with E-state index in [1.807, 2.05) is 39.0 Å². The van der Waals surface area contributed by atoms with Crippen molar-refractivity contribution in [3.8, 4) is 11.5 Å². The van der Waals surface area contributed by atoms with Gasteiger partial charge in [-0.25, -0.2) is 4.39 Å². The van der Waals surface area contributed by atoms with Gasteiger partial charge in [0.2, 0.25) is 0 Å². The fourth-order valence-electron chi connectivity index (χ4n) is 3.82. The molecule has 0 bridgehead atoms. The van der Waals surface area contributed by atoms with Gasteiger partial charge in [0.15, 0.2) is 22.4 Å². The summed E-state index contributed by atoms with van der Waals surface area (Å²) in [4.78, 5) is 27.3. The number of halogens is 1. The normalized spacial score (nSPS) is 14.3. The van der Waals surface area contributed by atoms with E-state index in [0.29, 0.717) is 44.3 Å². The molecule has 0 unspecified atom stereocenters. The first-order chi connectivity index (χ1) is 17.7. The van der Waals surface area contributed by atoms with E-state index >= 15 is 0 Å². The highest BCUT2D eigenvalue weighted by Gasteiger charge is 2.33. The summed E-state index contributed by atoms with van der Waals surface area (Å²) in [7, 11) is 0. The van der Waals surface area contributed by atoms with Gasteiger partial charge in [0.05, 0.1) is 17.2 Å². The molecule has 1 aliphatic heterocycles. The van der Waals surface area contributed by atoms with Gasteiger partial charge in [0.1, 0.15) is 5.82 Å². The van der Waals surface area contributed by atoms with Crippen molar-refractivity contribution in [2.75, 3.05) is 23.4 Å². The lowest BCUT2D eigenvalue weighted by Gasteiger charge is -2.14. The minimum absolute atomic E-state index is 0.192. The number of carbonyl (C=O) groups is 2. The van der Waals surface area contributed by atoms with Crippen molar-refractivity contribution >= 4 is 57.6 Å². The Balaban J connectivity index is 1.47. The van der Waals surface area contributed by atoms with Crippen molar-refractivity contribution in [3.63, 3.8) is 0 Å². The lowest BCUT2D eigenvalue weighted by molar-refractivity contribution is -0.118. The minimum Gasteiger partial charge on any atom is -0.490 e. The second-order valence-corrected chi connectivity index (χ2v) is 10.0. The molecule has 1 heterocycles. The Bertz CT molecular complexity index is 1370. The summed E-state index contributed by atoms with van der Waals surface area (Å²) in [6.07, 6.45) is 1.71. The van der Waals surface area contributed by atoms with E-state index in [0.717, 1.165) is 11.1 Å². The van der Waals surface area contributed by atoms with E-state index in [2.05, 4.69) is 5.32 Å². The van der Waals surface area contributed by atoms with Gasteiger partial charge in [-0.3, -0.25) is 14.5 Å². The maximum atomic E-state index is 13.3. The molecule has 37 heavy (non-hydrogen) atoms. The van der Waals surface area contributed by atoms with Gasteiger partial charge in [0.25, 0.3) is 11.8 Å². The Morgan fingerprint density at radius 3 is 2.41 bits per heavy atom. The molecule has 0 radical (unpaired) electrons. The summed E-state index contributed by atoms with van der Waals surface area (Å²) < 4.78 is 25.1. The van der Waals surface area contributed by atoms with Crippen LogP contribution >= 0.6 is 24.0 Å². The highest BCUT2D eigenvalue weighted by Crippen LogP contribution is 2.37. The van der Waals surface area contributed by atoms with Crippen LogP contribution in [-0.2, 0) is 9.59 Å². The number of thioether (sulfide) groups is 1. The molecular formula is C28H25FN2O4S2. The molecule has 0 aliphatic carbocycles. The van der Waals surface area contributed by atoms with Crippen LogP contribution in [-0.4, -0.2) is 29.3 Å². The van der Waals surface area contributed by atoms with Crippen LogP contribution in [0.2, 0.25) is 0 Å². The molecular weight excluding hydrogens is 511 g/mol. The van der Waals surface area contributed by atoms with Crippen molar-refractivity contribution in [1.29, 1.82) is 0 Å². The van der Waals surface area contributed by atoms with Crippen LogP contribution < -0.4 is 19.7 Å². The second-order valence-electron chi connectivity index (χ2n) is 8.35. The Morgan fingerprint density at radius 1 is 1.03 bits per heavy atom. The SMILES string of the molecule is CCOc1cc(/C=C2\SC(=S)N(c3ccc(F)cc3)C2=O)ccc1OCC(=O)Nc1cc(C)cc(C)c1. The number of hydrogen-bond acceptors (Lipinski definition) is 6. The minimum atomic E-state index is -0.391. The largest absolute Gasteiger partial charge is 0.490 e. The second kappa shape index (κ2) is 11.6. The van der Waals surface area contributed by atoms with Crippen molar-refractivity contribution in [3.05, 3.63) is 88.1 Å². The molecule has 1 N–H and O–H groups in total. The molecule has 0 aromatic heterocycles. The lowest BCUT2D eigenvalue weighted by Crippen LogP contribution is -2.27. The molecule has 3 aromatic carbocycles. The number of thiocarbonyl (C=S) groups is 1. The number of benzene rings is 3. The third kappa shape index (κ3) is 6.55. The van der Waals surface area contributed by atoms with E-state index in [4.69, 9.17) is 21.7 Å². The summed E-state index contributed by atoms with van der Waals surface area (Å²) in [5.41, 5.74) is 4.03. The highest BCUT2D eigenvalue weighted by molar-refractivity contribution is 8.27. The number of hydrogen-bond donors (Lipinski definition) is 1. The van der Waals surface area contributed by atoms with Gasteiger partial charge in [-0.2, -0.15) is 0 Å². The van der Waals surface area contributed by atoms with E-state index < -0.39 is 5.82 Å². The standard InChI is InChI=1S/C28H25FN2O4S2/c1-4-34-24-14-19(15-25-27(33)31(28(36)37-25)22-8-6-20(29)7-9-22)5-10-23(24)35-16-26(32)30-21-12-17(2)11-18(3)13-21/h5-15H,4,16H2,1-3H3,(H,30,32)/b25-15-. The van der Waals surface area contributed by atoms with Crippen LogP contribution in [0.25, 0.3) is 6.08 Å². The number of nitrogens with zero attached hydrogens (tertiary/aromatic N) is 1. The molecule has 9 heteroatoms. The van der Waals surface area contributed by atoms with Crippen LogP contribution in [0.15, 0.2) is 65.6 Å². The summed E-state index contributed by atoms with van der Waals surface area (Å²) in [5, 5.41) is 2.84. The molecule has 0 spiro atoms. The fraction of sp³-hybridized carbons (Fsp3) is 0.179. The first-order valence-corrected chi connectivity index (χ1v) is 12.8. The van der Waals surface area contributed by atoms with Crippen LogP contribution in [0, 0.1) is 19.7 Å². The van der Waals surface area contributed by atoms with Gasteiger partial charge in [-0.1, -0.05) is 36.1 Å². The van der Waals surface area contributed by atoms with Gasteiger partial charge in [-0.05, 0) is 92.1 Å². The van der Waals surface area contributed by atoms with E-state index in [9.17, 15) is 14.0 Å². The Kier molecular flexibility index (Phi) is 8.25. The van der Waals surface area contributed by atoms with Crippen LogP contribution in [0.4, 0.5) is 15.8 Å². The quantitative estimate of drug-likeness (QED) is 0.271. The molecule has 190 valence electrons. The topological polar surface area (TPSA) is 67.9 Å². The third-order valence-corrected chi connectivity index (χ3v) is 6.61. The highest BCUT2D eigenvalue weighted by atomic mass is 32.2. The van der Waals surface area contributed by atoms with Gasteiger partial charge < -0.3 is 14.8 Å². The monoisotopic (exact) mass is 536 g/mol. The number of aryl methyl sites for hydroxylation is 2. The Labute approximate surface area is 224 Å². The summed E-state index contributed by atoms with van der Waals surface area (Å²) in [5.74, 6) is -0.111. The van der Waals surface area contributed by atoms with Gasteiger partial charge in [-0.15, -0.1) is 0 Å². The van der Waals surface area contributed by atoms with E-state index in [-0.39, 0.29) is 18.4 Å². The van der Waals surface area contributed by atoms with Crippen LogP contribution in [0.3, 0.4) is 0 Å². The predicted octanol–water partition coefficient (Wildman–Crippen LogP) is 6.26. The van der Waals surface area contributed by atoms with Crippen molar-refractivity contribution in [1.82, 2.24) is 0 Å². The molecule has 1 fully saturated rings. The number of anilines is 2. The summed E-state index contributed by atoms with van der Waals surface area (Å²) in [6, 6.07) is 16.6. The van der Waals surface area contributed by atoms with Gasteiger partial charge >= 0.3 is 0 Å². The zero-order valence-corrected chi connectivity index (χ0v) is 22.2. The van der Waals surface area contributed by atoms with Crippen molar-refractivity contribution < 1.29 is 23.5 Å². The predicted molar refractivity (Wildman–Crippen MR) is 150 cm³/mol. The molecule has 6 nitrogen and oxygen atoms in total. The lowest BCUT2D eigenvalue weighted by atomic mass is 10.1. The molecule has 4 rings (SSSR count). The van der Waals surface area contributed by atoms with Crippen molar-refractivity contribution in [2.24, 2.45) is 0 Å². The Morgan fingerprint density at radius 2 is 1.73 bits per heavy atom. The Hall–Kier alpha value is -3.69. The number of amides is 2. The number of ether oxygens (including phenoxy) is 2. The third-order valence-electron chi connectivity index (χ3n) is 5.31. The average Bonchev–Trinajstić information content (AvgIpc) is 3.11. The number of rotatable bonds is 8. The zero-order valence-electron chi connectivity index (χ0n) is 20.5. The van der Waals surface area contributed by atoms with E-state index in [1.54, 1.807) is 24.3 Å². The van der Waals surface area contributed by atoms with E-state index in [1.165, 1.54) is 40.9 Å². The van der Waals surface area contributed by atoms with Gasteiger partial charge in [0, 0.05) is 5.69 Å². The first-order valence-electron chi connectivity index (χ1n) is 11.5. The number of carbonyl (C=O) groups excluding carboxylic acids is 2. The summed E-state index contributed by atoms with van der Waals surface area (Å²) >= 11 is 6.55. The smallest absolute Gasteiger partial charge is 0.270 e.